The van der Waals surface area contributed by atoms with E-state index < -0.39 is 5.97 Å². The second-order valence-electron chi connectivity index (χ2n) is 5.56. The number of ether oxygens (including phenoxy) is 1. The van der Waals surface area contributed by atoms with Crippen LogP contribution in [0.2, 0.25) is 0 Å². The minimum Gasteiger partial charge on any atom is -0.496 e. The molecule has 0 saturated heterocycles. The molecule has 2 aromatic carbocycles. The molecule has 0 spiro atoms. The van der Waals surface area contributed by atoms with Crippen molar-refractivity contribution in [3.8, 4) is 5.75 Å². The largest absolute Gasteiger partial charge is 0.496 e. The summed E-state index contributed by atoms with van der Waals surface area (Å²) in [7, 11) is 1.50. The van der Waals surface area contributed by atoms with Crippen molar-refractivity contribution in [2.45, 2.75) is 13.3 Å². The monoisotopic (exact) mass is 323 g/mol. The van der Waals surface area contributed by atoms with E-state index in [0.717, 1.165) is 11.2 Å². The van der Waals surface area contributed by atoms with E-state index in [2.05, 4.69) is 4.98 Å². The quantitative estimate of drug-likeness (QED) is 0.706. The van der Waals surface area contributed by atoms with Crippen molar-refractivity contribution in [3.05, 3.63) is 64.8 Å². The molecule has 24 heavy (non-hydrogen) atoms. The molecule has 0 unspecified atom stereocenters. The zero-order valence-electron chi connectivity index (χ0n) is 13.4. The van der Waals surface area contributed by atoms with E-state index in [1.165, 1.54) is 7.11 Å². The molecule has 5 heteroatoms. The van der Waals surface area contributed by atoms with Crippen molar-refractivity contribution < 1.29 is 19.4 Å². The van der Waals surface area contributed by atoms with E-state index in [4.69, 9.17) is 4.74 Å². The van der Waals surface area contributed by atoms with Crippen LogP contribution in [0.25, 0.3) is 10.9 Å². The fraction of sp³-hybridized carbons (Fsp3) is 0.158. The fourth-order valence-electron chi connectivity index (χ4n) is 2.97. The van der Waals surface area contributed by atoms with E-state index in [9.17, 15) is 14.7 Å². The highest BCUT2D eigenvalue weighted by atomic mass is 16.5. The normalized spacial score (nSPS) is 10.8. The highest BCUT2D eigenvalue weighted by Crippen LogP contribution is 2.34. The molecule has 0 aliphatic carbocycles. The van der Waals surface area contributed by atoms with E-state index >= 15 is 0 Å². The fourth-order valence-corrected chi connectivity index (χ4v) is 2.97. The lowest BCUT2D eigenvalue weighted by Gasteiger charge is -2.11. The molecule has 0 bridgehead atoms. The van der Waals surface area contributed by atoms with Gasteiger partial charge in [0, 0.05) is 22.2 Å². The third-order valence-corrected chi connectivity index (χ3v) is 4.05. The molecule has 1 aromatic heterocycles. The minimum absolute atomic E-state index is 0.159. The Labute approximate surface area is 138 Å². The first kappa shape index (κ1) is 15.8. The first-order chi connectivity index (χ1) is 11.5. The molecule has 3 rings (SSSR count). The summed E-state index contributed by atoms with van der Waals surface area (Å²) in [6.45, 7) is 1.81. The van der Waals surface area contributed by atoms with Gasteiger partial charge in [-0.1, -0.05) is 30.3 Å². The summed E-state index contributed by atoms with van der Waals surface area (Å²) in [6.07, 6.45) is -0.159. The van der Waals surface area contributed by atoms with E-state index in [1.807, 2.05) is 13.0 Å². The van der Waals surface area contributed by atoms with Gasteiger partial charge >= 0.3 is 5.97 Å². The SMILES string of the molecule is COc1ccc2[nH]c(C)c(CC(=O)O)c2c1C(=O)c1ccccc1. The van der Waals surface area contributed by atoms with Crippen molar-refractivity contribution in [1.82, 2.24) is 4.98 Å². The number of ketones is 1. The number of aromatic nitrogens is 1. The van der Waals surface area contributed by atoms with Gasteiger partial charge in [-0.15, -0.1) is 0 Å². The molecule has 3 aromatic rings. The number of aromatic amines is 1. The molecule has 0 aliphatic heterocycles. The van der Waals surface area contributed by atoms with Gasteiger partial charge in [0.1, 0.15) is 5.75 Å². The number of rotatable bonds is 5. The maximum absolute atomic E-state index is 13.0. The average molecular weight is 323 g/mol. The van der Waals surface area contributed by atoms with Crippen LogP contribution in [-0.2, 0) is 11.2 Å². The van der Waals surface area contributed by atoms with Crippen LogP contribution in [0.3, 0.4) is 0 Å². The number of carboxylic acids is 1. The average Bonchev–Trinajstić information content (AvgIpc) is 2.89. The van der Waals surface area contributed by atoms with Gasteiger partial charge in [-0.2, -0.15) is 0 Å². The lowest BCUT2D eigenvalue weighted by molar-refractivity contribution is -0.136. The number of hydrogen-bond acceptors (Lipinski definition) is 3. The van der Waals surface area contributed by atoms with Gasteiger partial charge in [0.05, 0.1) is 19.1 Å². The highest BCUT2D eigenvalue weighted by Gasteiger charge is 2.23. The molecule has 2 N–H and O–H groups in total. The second-order valence-corrected chi connectivity index (χ2v) is 5.56. The third kappa shape index (κ3) is 2.65. The number of carbonyl (C=O) groups is 2. The maximum Gasteiger partial charge on any atom is 0.307 e. The van der Waals surface area contributed by atoms with Crippen LogP contribution in [0.15, 0.2) is 42.5 Å². The molecule has 122 valence electrons. The Balaban J connectivity index is 2.31. The first-order valence-electron chi connectivity index (χ1n) is 7.52. The second kappa shape index (κ2) is 6.20. The van der Waals surface area contributed by atoms with Crippen molar-refractivity contribution >= 4 is 22.7 Å². The van der Waals surface area contributed by atoms with Crippen molar-refractivity contribution in [3.63, 3.8) is 0 Å². The Morgan fingerprint density at radius 2 is 1.83 bits per heavy atom. The van der Waals surface area contributed by atoms with Crippen LogP contribution in [-0.4, -0.2) is 29.0 Å². The van der Waals surface area contributed by atoms with Crippen molar-refractivity contribution in [2.75, 3.05) is 7.11 Å². The lowest BCUT2D eigenvalue weighted by atomic mass is 9.95. The summed E-state index contributed by atoms with van der Waals surface area (Å²) >= 11 is 0. The number of carbonyl (C=O) groups excluding carboxylic acids is 1. The van der Waals surface area contributed by atoms with E-state index in [0.29, 0.717) is 27.8 Å². The zero-order valence-corrected chi connectivity index (χ0v) is 13.4. The number of methoxy groups -OCH3 is 1. The predicted octanol–water partition coefficient (Wildman–Crippen LogP) is 3.34. The molecule has 0 radical (unpaired) electrons. The van der Waals surface area contributed by atoms with Gasteiger partial charge in [-0.25, -0.2) is 0 Å². The van der Waals surface area contributed by atoms with Crippen LogP contribution in [0.4, 0.5) is 0 Å². The molecule has 0 saturated carbocycles. The predicted molar refractivity (Wildman–Crippen MR) is 90.8 cm³/mol. The number of H-pyrrole nitrogens is 1. The van der Waals surface area contributed by atoms with Crippen LogP contribution in [0.5, 0.6) is 5.75 Å². The third-order valence-electron chi connectivity index (χ3n) is 4.05. The van der Waals surface area contributed by atoms with Gasteiger partial charge < -0.3 is 14.8 Å². The molecule has 1 heterocycles. The van der Waals surface area contributed by atoms with E-state index in [-0.39, 0.29) is 12.2 Å². The number of nitrogens with one attached hydrogen (secondary N) is 1. The lowest BCUT2D eigenvalue weighted by Crippen LogP contribution is -2.07. The number of aryl methyl sites for hydroxylation is 1. The van der Waals surface area contributed by atoms with Crippen molar-refractivity contribution in [1.29, 1.82) is 0 Å². The zero-order chi connectivity index (χ0) is 17.3. The van der Waals surface area contributed by atoms with Gasteiger partial charge in [0.2, 0.25) is 0 Å². The number of hydrogen-bond donors (Lipinski definition) is 2. The summed E-state index contributed by atoms with van der Waals surface area (Å²) in [6, 6.07) is 12.4. The summed E-state index contributed by atoms with van der Waals surface area (Å²) in [4.78, 5) is 27.4. The van der Waals surface area contributed by atoms with Gasteiger partial charge in [-0.3, -0.25) is 9.59 Å². The topological polar surface area (TPSA) is 79.4 Å². The Hall–Kier alpha value is -3.08. The Morgan fingerprint density at radius 1 is 1.12 bits per heavy atom. The number of benzene rings is 2. The molecule has 0 aliphatic rings. The number of fused-ring (bicyclic) bond motifs is 1. The molecule has 5 nitrogen and oxygen atoms in total. The molecule has 0 atom stereocenters. The molecular formula is C19H17NO4. The standard InChI is InChI=1S/C19H17NO4/c1-11-13(10-16(21)22)17-14(20-11)8-9-15(24-2)18(17)19(23)12-6-4-3-5-7-12/h3-9,20H,10H2,1-2H3,(H,21,22). The van der Waals surface area contributed by atoms with Crippen LogP contribution >= 0.6 is 0 Å². The number of carboxylic acid groups (broad SMARTS) is 1. The van der Waals surface area contributed by atoms with Crippen LogP contribution in [0.1, 0.15) is 27.2 Å². The highest BCUT2D eigenvalue weighted by molar-refractivity contribution is 6.19. The Morgan fingerprint density at radius 3 is 2.46 bits per heavy atom. The minimum atomic E-state index is -0.945. The van der Waals surface area contributed by atoms with E-state index in [1.54, 1.807) is 36.4 Å². The first-order valence-corrected chi connectivity index (χ1v) is 7.52. The molecular weight excluding hydrogens is 306 g/mol. The van der Waals surface area contributed by atoms with Crippen LogP contribution < -0.4 is 4.74 Å². The Bertz CT molecular complexity index is 925. The van der Waals surface area contributed by atoms with Gasteiger partial charge in [-0.05, 0) is 24.6 Å². The molecule has 0 fully saturated rings. The number of aliphatic carboxylic acids is 1. The Kier molecular flexibility index (Phi) is 4.08. The smallest absolute Gasteiger partial charge is 0.307 e. The summed E-state index contributed by atoms with van der Waals surface area (Å²) in [5.74, 6) is -0.703. The summed E-state index contributed by atoms with van der Waals surface area (Å²) in [5, 5.41) is 9.83. The van der Waals surface area contributed by atoms with Crippen LogP contribution in [0, 0.1) is 6.92 Å². The maximum atomic E-state index is 13.0. The molecule has 0 amide bonds. The van der Waals surface area contributed by atoms with Crippen molar-refractivity contribution in [2.24, 2.45) is 0 Å². The summed E-state index contributed by atoms with van der Waals surface area (Å²) in [5.41, 5.74) is 2.99. The van der Waals surface area contributed by atoms with Gasteiger partial charge in [0.15, 0.2) is 5.78 Å². The summed E-state index contributed by atoms with van der Waals surface area (Å²) < 4.78 is 5.38. The van der Waals surface area contributed by atoms with Gasteiger partial charge in [0.25, 0.3) is 0 Å².